The summed E-state index contributed by atoms with van der Waals surface area (Å²) in [5, 5.41) is 0. The summed E-state index contributed by atoms with van der Waals surface area (Å²) in [4.78, 5) is 57.8. The van der Waals surface area contributed by atoms with Gasteiger partial charge in [0.05, 0.1) is 24.3 Å². The fraction of sp³-hybridized carbons (Fsp3) is 0.615. The van der Waals surface area contributed by atoms with Crippen LogP contribution in [-0.4, -0.2) is 66.4 Å². The fourth-order valence-electron chi connectivity index (χ4n) is 3.02. The highest BCUT2D eigenvalue weighted by molar-refractivity contribution is 6.21. The second-order valence-corrected chi connectivity index (χ2v) is 10.4. The highest BCUT2D eigenvalue weighted by Crippen LogP contribution is 2.22. The van der Waals surface area contributed by atoms with Gasteiger partial charge in [-0.3, -0.25) is 24.2 Å². The fourth-order valence-corrected chi connectivity index (χ4v) is 3.02. The molecule has 0 unspecified atom stereocenters. The van der Waals surface area contributed by atoms with Crippen LogP contribution in [0.1, 0.15) is 87.9 Å². The number of hydrogen-bond donors (Lipinski definition) is 3. The lowest BCUT2D eigenvalue weighted by molar-refractivity contribution is -0.00906. The highest BCUT2D eigenvalue weighted by atomic mass is 16.7. The third kappa shape index (κ3) is 13.4. The maximum absolute atomic E-state index is 12.1. The van der Waals surface area contributed by atoms with E-state index >= 15 is 0 Å². The number of rotatable bonds is 11. The van der Waals surface area contributed by atoms with Gasteiger partial charge in [0.1, 0.15) is 11.2 Å². The summed E-state index contributed by atoms with van der Waals surface area (Å²) in [6, 6.07) is 6.79. The topological polar surface area (TPSA) is 159 Å². The Morgan fingerprint density at radius 2 is 1.18 bits per heavy atom. The first kappa shape index (κ1) is 32.8. The number of benzene rings is 1. The molecule has 0 aliphatic carbocycles. The molecule has 0 saturated heterocycles. The molecule has 12 heteroatoms. The van der Waals surface area contributed by atoms with Crippen molar-refractivity contribution in [1.29, 1.82) is 0 Å². The van der Waals surface area contributed by atoms with Crippen molar-refractivity contribution < 1.29 is 38.3 Å². The van der Waals surface area contributed by atoms with E-state index in [4.69, 9.17) is 24.9 Å². The number of fused-ring (bicyclic) bond motifs is 1. The first-order chi connectivity index (χ1) is 17.7. The van der Waals surface area contributed by atoms with Gasteiger partial charge < -0.3 is 15.2 Å². The Balaban J connectivity index is 0.000000442. The number of hydroxylamine groups is 2. The van der Waals surface area contributed by atoms with Gasteiger partial charge in [0, 0.05) is 6.54 Å². The van der Waals surface area contributed by atoms with Crippen LogP contribution in [0.15, 0.2) is 24.3 Å². The van der Waals surface area contributed by atoms with E-state index in [1.54, 1.807) is 65.8 Å². The minimum absolute atomic E-state index is 0.261. The number of carbonyl (C=O) groups excluding carboxylic acids is 4. The number of carbonyl (C=O) groups is 4. The quantitative estimate of drug-likeness (QED) is 0.217. The number of unbranched alkanes of at least 4 members (excludes halogenated alkanes) is 2. The van der Waals surface area contributed by atoms with Crippen molar-refractivity contribution in [2.75, 3.05) is 26.3 Å². The average molecular weight is 539 g/mol. The van der Waals surface area contributed by atoms with Gasteiger partial charge in [0.2, 0.25) is 0 Å². The van der Waals surface area contributed by atoms with E-state index in [9.17, 15) is 19.2 Å². The summed E-state index contributed by atoms with van der Waals surface area (Å²) < 4.78 is 9.96. The van der Waals surface area contributed by atoms with Gasteiger partial charge in [-0.15, -0.1) is 0 Å². The van der Waals surface area contributed by atoms with E-state index in [0.29, 0.717) is 43.7 Å². The summed E-state index contributed by atoms with van der Waals surface area (Å²) in [5.41, 5.74) is 9.49. The molecule has 0 atom stereocenters. The molecule has 0 saturated carbocycles. The smallest absolute Gasteiger partial charge is 0.431 e. The number of hydrogen-bond acceptors (Lipinski definition) is 9. The summed E-state index contributed by atoms with van der Waals surface area (Å²) in [7, 11) is 0. The summed E-state index contributed by atoms with van der Waals surface area (Å²) in [5.74, 6) is -0.521. The first-order valence-corrected chi connectivity index (χ1v) is 12.6. The van der Waals surface area contributed by atoms with Crippen molar-refractivity contribution in [1.82, 2.24) is 15.9 Å². The molecule has 1 aliphatic heterocycles. The van der Waals surface area contributed by atoms with Crippen molar-refractivity contribution in [2.45, 2.75) is 78.4 Å². The average Bonchev–Trinajstić information content (AvgIpc) is 3.04. The molecule has 1 aromatic carbocycles. The Hall–Kier alpha value is -3.22. The maximum atomic E-state index is 12.1. The summed E-state index contributed by atoms with van der Waals surface area (Å²) >= 11 is 0. The molecule has 1 aromatic rings. The molecule has 0 aromatic heterocycles. The molecule has 0 radical (unpaired) electrons. The minimum Gasteiger partial charge on any atom is -0.442 e. The monoisotopic (exact) mass is 538 g/mol. The van der Waals surface area contributed by atoms with Crippen LogP contribution in [0.3, 0.4) is 0 Å². The van der Waals surface area contributed by atoms with Crippen LogP contribution in [-0.2, 0) is 19.1 Å². The summed E-state index contributed by atoms with van der Waals surface area (Å²) in [6.07, 6.45) is 1.67. The van der Waals surface area contributed by atoms with Gasteiger partial charge in [0.25, 0.3) is 11.8 Å². The molecular weight excluding hydrogens is 496 g/mol. The van der Waals surface area contributed by atoms with Crippen LogP contribution in [0, 0.1) is 0 Å². The van der Waals surface area contributed by atoms with Crippen molar-refractivity contribution >= 4 is 24.0 Å². The lowest BCUT2D eigenvalue weighted by Gasteiger charge is -2.19. The van der Waals surface area contributed by atoms with E-state index in [1.807, 2.05) is 0 Å². The lowest BCUT2D eigenvalue weighted by atomic mass is 10.1. The Morgan fingerprint density at radius 3 is 1.58 bits per heavy atom. The third-order valence-corrected chi connectivity index (χ3v) is 4.57. The van der Waals surface area contributed by atoms with Crippen molar-refractivity contribution in [3.63, 3.8) is 0 Å². The van der Waals surface area contributed by atoms with Crippen LogP contribution >= 0.6 is 0 Å². The van der Waals surface area contributed by atoms with E-state index < -0.39 is 23.4 Å². The molecule has 12 nitrogen and oxygen atoms in total. The largest absolute Gasteiger partial charge is 0.442 e. The standard InChI is InChI=1S/C17H22N2O5.C9H20N2O3/c1-17(2,3)24-16(22)18-23-11-7-6-10-19-14(20)12-8-4-5-9-13(12)15(19)21;1-9(2,3)14-8(12)11-13-7-5-4-6-10/h4-5,8-9H,6-7,10-11H2,1-3H3,(H,18,22);4-7,10H2,1-3H3,(H,11,12). The van der Waals surface area contributed by atoms with Gasteiger partial charge >= 0.3 is 12.2 Å². The maximum Gasteiger partial charge on any atom is 0.431 e. The highest BCUT2D eigenvalue weighted by Gasteiger charge is 2.34. The SMILES string of the molecule is CC(C)(C)OC(=O)NOCCCCN.CC(C)(C)OC(=O)NOCCCCN1C(=O)c2ccccc2C1=O. The number of nitrogens with two attached hydrogens (primary N) is 1. The molecule has 38 heavy (non-hydrogen) atoms. The van der Waals surface area contributed by atoms with Gasteiger partial charge in [-0.25, -0.2) is 9.59 Å². The van der Waals surface area contributed by atoms with Crippen molar-refractivity contribution in [3.8, 4) is 0 Å². The molecule has 0 bridgehead atoms. The number of ether oxygens (including phenoxy) is 2. The van der Waals surface area contributed by atoms with E-state index in [0.717, 1.165) is 12.8 Å². The second-order valence-electron chi connectivity index (χ2n) is 10.4. The Morgan fingerprint density at radius 1 is 0.763 bits per heavy atom. The van der Waals surface area contributed by atoms with Crippen LogP contribution in [0.5, 0.6) is 0 Å². The Bertz CT molecular complexity index is 890. The first-order valence-electron chi connectivity index (χ1n) is 12.6. The zero-order chi connectivity index (χ0) is 28.8. The summed E-state index contributed by atoms with van der Waals surface area (Å²) in [6.45, 7) is 12.3. The minimum atomic E-state index is -0.650. The number of nitrogens with one attached hydrogen (secondary N) is 2. The number of amides is 4. The number of nitrogens with zero attached hydrogens (tertiary/aromatic N) is 1. The Kier molecular flexibility index (Phi) is 13.7. The molecule has 1 aliphatic rings. The Labute approximate surface area is 224 Å². The van der Waals surface area contributed by atoms with Gasteiger partial charge in [0.15, 0.2) is 0 Å². The molecule has 0 spiro atoms. The predicted octanol–water partition coefficient (Wildman–Crippen LogP) is 3.70. The number of imide groups is 1. The van der Waals surface area contributed by atoms with Crippen LogP contribution in [0.4, 0.5) is 9.59 Å². The molecule has 4 N–H and O–H groups in total. The zero-order valence-electron chi connectivity index (χ0n) is 23.3. The van der Waals surface area contributed by atoms with Gasteiger partial charge in [-0.05, 0) is 85.9 Å². The second kappa shape index (κ2) is 15.9. The third-order valence-electron chi connectivity index (χ3n) is 4.57. The molecule has 4 amide bonds. The zero-order valence-corrected chi connectivity index (χ0v) is 23.3. The molecular formula is C26H42N4O8. The van der Waals surface area contributed by atoms with E-state index in [1.165, 1.54) is 4.90 Å². The molecule has 0 fully saturated rings. The van der Waals surface area contributed by atoms with Gasteiger partial charge in [-0.1, -0.05) is 12.1 Å². The van der Waals surface area contributed by atoms with Gasteiger partial charge in [-0.2, -0.15) is 11.0 Å². The lowest BCUT2D eigenvalue weighted by Crippen LogP contribution is -2.33. The normalized spacial score (nSPS) is 12.9. The van der Waals surface area contributed by atoms with E-state index in [-0.39, 0.29) is 18.4 Å². The molecule has 214 valence electrons. The van der Waals surface area contributed by atoms with Crippen LogP contribution in [0.2, 0.25) is 0 Å². The van der Waals surface area contributed by atoms with E-state index in [2.05, 4.69) is 11.0 Å². The van der Waals surface area contributed by atoms with Crippen LogP contribution < -0.4 is 16.7 Å². The van der Waals surface area contributed by atoms with Crippen molar-refractivity contribution in [3.05, 3.63) is 35.4 Å². The molecule has 1 heterocycles. The predicted molar refractivity (Wildman–Crippen MR) is 140 cm³/mol. The van der Waals surface area contributed by atoms with Crippen molar-refractivity contribution in [2.24, 2.45) is 5.73 Å². The molecule has 2 rings (SSSR count). The van der Waals surface area contributed by atoms with Crippen LogP contribution in [0.25, 0.3) is 0 Å².